The molecule has 4 N–H and O–H groups in total. The Hall–Kier alpha value is -1.89. The predicted octanol–water partition coefficient (Wildman–Crippen LogP) is -0.154. The van der Waals surface area contributed by atoms with E-state index in [1.165, 1.54) is 4.57 Å². The van der Waals surface area contributed by atoms with Crippen LogP contribution in [0.3, 0.4) is 0 Å². The molecule has 2 unspecified atom stereocenters. The van der Waals surface area contributed by atoms with Crippen LogP contribution in [0.2, 0.25) is 0 Å². The Bertz CT molecular complexity index is 492. The molecule has 2 atom stereocenters. The molecule has 0 spiro atoms. The van der Waals surface area contributed by atoms with Crippen molar-refractivity contribution in [3.63, 3.8) is 0 Å². The van der Waals surface area contributed by atoms with E-state index in [4.69, 9.17) is 16.2 Å². The van der Waals surface area contributed by atoms with Gasteiger partial charge in [0, 0.05) is 6.20 Å². The SMILES string of the molecule is CC1CCC(n2ccc(N=C(N)N)nc2=O)O1. The highest BCUT2D eigenvalue weighted by atomic mass is 16.5. The zero-order chi connectivity index (χ0) is 12.4. The molecule has 1 aliphatic rings. The molecule has 1 aromatic heterocycles. The minimum absolute atomic E-state index is 0.125. The second kappa shape index (κ2) is 4.54. The largest absolute Gasteiger partial charge is 0.370 e. The summed E-state index contributed by atoms with van der Waals surface area (Å²) in [6, 6.07) is 1.58. The van der Waals surface area contributed by atoms with Gasteiger partial charge in [-0.25, -0.2) is 4.79 Å². The van der Waals surface area contributed by atoms with E-state index in [0.29, 0.717) is 0 Å². The fourth-order valence-electron chi connectivity index (χ4n) is 1.80. The molecular weight excluding hydrogens is 222 g/mol. The lowest BCUT2D eigenvalue weighted by atomic mass is 10.2. The van der Waals surface area contributed by atoms with E-state index < -0.39 is 5.69 Å². The molecule has 7 heteroatoms. The number of hydrogen-bond donors (Lipinski definition) is 2. The molecule has 17 heavy (non-hydrogen) atoms. The Morgan fingerprint density at radius 2 is 2.35 bits per heavy atom. The second-order valence-electron chi connectivity index (χ2n) is 3.99. The van der Waals surface area contributed by atoms with Crippen LogP contribution in [0.25, 0.3) is 0 Å². The molecule has 0 radical (unpaired) electrons. The fourth-order valence-corrected chi connectivity index (χ4v) is 1.80. The lowest BCUT2D eigenvalue weighted by molar-refractivity contribution is 0.00804. The van der Waals surface area contributed by atoms with Crippen molar-refractivity contribution in [3.05, 3.63) is 22.7 Å². The minimum Gasteiger partial charge on any atom is -0.370 e. The quantitative estimate of drug-likeness (QED) is 0.549. The molecule has 92 valence electrons. The molecule has 1 aliphatic heterocycles. The first-order valence-electron chi connectivity index (χ1n) is 5.40. The van der Waals surface area contributed by atoms with E-state index in [9.17, 15) is 4.79 Å². The maximum Gasteiger partial charge on any atom is 0.351 e. The lowest BCUT2D eigenvalue weighted by Crippen LogP contribution is -2.27. The van der Waals surface area contributed by atoms with Crippen LogP contribution < -0.4 is 17.2 Å². The van der Waals surface area contributed by atoms with Gasteiger partial charge in [-0.2, -0.15) is 9.98 Å². The summed E-state index contributed by atoms with van der Waals surface area (Å²) in [4.78, 5) is 19.2. The molecule has 0 amide bonds. The van der Waals surface area contributed by atoms with Crippen molar-refractivity contribution < 1.29 is 4.74 Å². The van der Waals surface area contributed by atoms with Gasteiger partial charge >= 0.3 is 5.69 Å². The fraction of sp³-hybridized carbons (Fsp3) is 0.500. The average Bonchev–Trinajstić information content (AvgIpc) is 2.64. The number of guanidine groups is 1. The van der Waals surface area contributed by atoms with Gasteiger partial charge in [0.1, 0.15) is 6.23 Å². The number of nitrogens with zero attached hydrogens (tertiary/aromatic N) is 3. The van der Waals surface area contributed by atoms with Crippen LogP contribution in [0.5, 0.6) is 0 Å². The monoisotopic (exact) mass is 237 g/mol. The number of aromatic nitrogens is 2. The number of hydrogen-bond acceptors (Lipinski definition) is 4. The van der Waals surface area contributed by atoms with Crippen molar-refractivity contribution in [2.45, 2.75) is 32.1 Å². The van der Waals surface area contributed by atoms with E-state index >= 15 is 0 Å². The third-order valence-corrected chi connectivity index (χ3v) is 2.58. The summed E-state index contributed by atoms with van der Waals surface area (Å²) in [5.41, 5.74) is 10.0. The number of rotatable bonds is 2. The zero-order valence-corrected chi connectivity index (χ0v) is 9.54. The highest BCUT2D eigenvalue weighted by molar-refractivity contribution is 5.78. The number of aliphatic imine (C=N–C) groups is 1. The van der Waals surface area contributed by atoms with Gasteiger partial charge in [0.2, 0.25) is 0 Å². The van der Waals surface area contributed by atoms with Crippen molar-refractivity contribution >= 4 is 11.8 Å². The Balaban J connectivity index is 2.26. The molecule has 2 heterocycles. The topological polar surface area (TPSA) is 109 Å². The van der Waals surface area contributed by atoms with Gasteiger partial charge < -0.3 is 16.2 Å². The van der Waals surface area contributed by atoms with Crippen LogP contribution in [0.15, 0.2) is 22.1 Å². The molecule has 0 saturated carbocycles. The standard InChI is InChI=1S/C10H15N5O2/c1-6-2-3-8(17-6)15-5-4-7(13-9(11)12)14-10(15)16/h4-6,8H,2-3H2,1H3,(H4,11,12,13,14,16). The van der Waals surface area contributed by atoms with Gasteiger partial charge in [0.05, 0.1) is 6.10 Å². The van der Waals surface area contributed by atoms with Gasteiger partial charge in [-0.1, -0.05) is 0 Å². The van der Waals surface area contributed by atoms with Crippen molar-refractivity contribution in [1.82, 2.24) is 9.55 Å². The summed E-state index contributed by atoms with van der Waals surface area (Å²) in [7, 11) is 0. The molecular formula is C10H15N5O2. The van der Waals surface area contributed by atoms with Crippen LogP contribution in [0, 0.1) is 0 Å². The van der Waals surface area contributed by atoms with Crippen molar-refractivity contribution in [2.75, 3.05) is 0 Å². The van der Waals surface area contributed by atoms with Crippen molar-refractivity contribution in [2.24, 2.45) is 16.5 Å². The Kier molecular flexibility index (Phi) is 3.10. The Labute approximate surface area is 98.1 Å². The summed E-state index contributed by atoms with van der Waals surface area (Å²) >= 11 is 0. The summed E-state index contributed by atoms with van der Waals surface area (Å²) in [6.45, 7) is 1.98. The summed E-state index contributed by atoms with van der Waals surface area (Å²) in [5.74, 6) is 0.0812. The Morgan fingerprint density at radius 1 is 1.59 bits per heavy atom. The summed E-state index contributed by atoms with van der Waals surface area (Å²) in [6.07, 6.45) is 3.28. The van der Waals surface area contributed by atoms with E-state index in [2.05, 4.69) is 9.98 Å². The molecule has 0 bridgehead atoms. The average molecular weight is 237 g/mol. The van der Waals surface area contributed by atoms with Crippen LogP contribution in [-0.2, 0) is 4.74 Å². The molecule has 0 aromatic carbocycles. The number of ether oxygens (including phenoxy) is 1. The molecule has 1 saturated heterocycles. The van der Waals surface area contributed by atoms with Crippen molar-refractivity contribution in [1.29, 1.82) is 0 Å². The van der Waals surface area contributed by atoms with E-state index in [1.54, 1.807) is 12.3 Å². The summed E-state index contributed by atoms with van der Waals surface area (Å²) in [5, 5.41) is 0. The normalized spacial score (nSPS) is 23.6. The maximum atomic E-state index is 11.7. The summed E-state index contributed by atoms with van der Waals surface area (Å²) < 4.78 is 7.04. The minimum atomic E-state index is -0.411. The van der Waals surface area contributed by atoms with Gasteiger partial charge in [0.15, 0.2) is 11.8 Å². The van der Waals surface area contributed by atoms with E-state index in [-0.39, 0.29) is 24.1 Å². The zero-order valence-electron chi connectivity index (χ0n) is 9.54. The third kappa shape index (κ3) is 2.62. The van der Waals surface area contributed by atoms with Gasteiger partial charge in [-0.15, -0.1) is 0 Å². The molecule has 7 nitrogen and oxygen atoms in total. The number of nitrogens with two attached hydrogens (primary N) is 2. The maximum absolute atomic E-state index is 11.7. The highest BCUT2D eigenvalue weighted by Gasteiger charge is 2.24. The molecule has 2 rings (SSSR count). The van der Waals surface area contributed by atoms with Crippen molar-refractivity contribution in [3.8, 4) is 0 Å². The van der Waals surface area contributed by atoms with Gasteiger partial charge in [0.25, 0.3) is 0 Å². The first kappa shape index (κ1) is 11.6. The van der Waals surface area contributed by atoms with Crippen LogP contribution in [0.1, 0.15) is 26.0 Å². The van der Waals surface area contributed by atoms with Gasteiger partial charge in [-0.05, 0) is 25.8 Å². The second-order valence-corrected chi connectivity index (χ2v) is 3.99. The van der Waals surface area contributed by atoms with E-state index in [1.807, 2.05) is 6.92 Å². The van der Waals surface area contributed by atoms with Gasteiger partial charge in [-0.3, -0.25) is 4.57 Å². The first-order chi connectivity index (χ1) is 8.06. The smallest absolute Gasteiger partial charge is 0.351 e. The highest BCUT2D eigenvalue weighted by Crippen LogP contribution is 2.26. The first-order valence-corrected chi connectivity index (χ1v) is 5.40. The van der Waals surface area contributed by atoms with E-state index in [0.717, 1.165) is 12.8 Å². The third-order valence-electron chi connectivity index (χ3n) is 2.58. The van der Waals surface area contributed by atoms with Crippen LogP contribution in [-0.4, -0.2) is 21.6 Å². The molecule has 1 aromatic rings. The van der Waals surface area contributed by atoms with Crippen LogP contribution in [0.4, 0.5) is 5.82 Å². The molecule has 0 aliphatic carbocycles. The van der Waals surface area contributed by atoms with Crippen LogP contribution >= 0.6 is 0 Å². The predicted molar refractivity (Wildman–Crippen MR) is 62.8 cm³/mol. The molecule has 1 fully saturated rings. The lowest BCUT2D eigenvalue weighted by Gasteiger charge is -2.13. The Morgan fingerprint density at radius 3 is 2.88 bits per heavy atom.